The van der Waals surface area contributed by atoms with Crippen LogP contribution in [-0.4, -0.2) is 17.3 Å². The van der Waals surface area contributed by atoms with Crippen LogP contribution in [-0.2, 0) is 0 Å². The molecule has 0 heterocycles. The van der Waals surface area contributed by atoms with E-state index in [0.29, 0.717) is 15.8 Å². The predicted molar refractivity (Wildman–Crippen MR) is 67.4 cm³/mol. The second-order valence-corrected chi connectivity index (χ2v) is 5.22. The van der Waals surface area contributed by atoms with E-state index in [1.807, 2.05) is 13.8 Å². The molecule has 1 N–H and O–H groups in total. The molecule has 0 radical (unpaired) electrons. The molecule has 4 heteroatoms. The molecular weight excluding hydrogens is 247 g/mol. The van der Waals surface area contributed by atoms with Crippen molar-refractivity contribution >= 4 is 23.2 Å². The number of hydrogen-bond acceptors (Lipinski definition) is 2. The molecule has 1 atom stereocenters. The van der Waals surface area contributed by atoms with Gasteiger partial charge < -0.3 is 9.84 Å². The summed E-state index contributed by atoms with van der Waals surface area (Å²) in [5.41, 5.74) is -0.872. The highest BCUT2D eigenvalue weighted by molar-refractivity contribution is 6.35. The lowest BCUT2D eigenvalue weighted by atomic mass is 9.94. The minimum absolute atomic E-state index is 0.110. The van der Waals surface area contributed by atoms with E-state index in [9.17, 15) is 5.11 Å². The Hall–Kier alpha value is -0.440. The van der Waals surface area contributed by atoms with Crippen LogP contribution < -0.4 is 4.74 Å². The number of halogens is 2. The molecule has 1 unspecified atom stereocenters. The van der Waals surface area contributed by atoms with Crippen molar-refractivity contribution in [2.45, 2.75) is 26.4 Å². The maximum atomic E-state index is 10.0. The first kappa shape index (κ1) is 13.6. The third-order valence-corrected chi connectivity index (χ3v) is 3.19. The monoisotopic (exact) mass is 262 g/mol. The summed E-state index contributed by atoms with van der Waals surface area (Å²) in [7, 11) is 0. The quantitative estimate of drug-likeness (QED) is 0.895. The van der Waals surface area contributed by atoms with Crippen LogP contribution in [0.2, 0.25) is 10.0 Å². The molecule has 0 aliphatic carbocycles. The fourth-order valence-electron chi connectivity index (χ4n) is 0.983. The van der Waals surface area contributed by atoms with Gasteiger partial charge in [-0.25, -0.2) is 0 Å². The maximum Gasteiger partial charge on any atom is 0.138 e. The zero-order chi connectivity index (χ0) is 12.3. The molecule has 1 rings (SSSR count). The van der Waals surface area contributed by atoms with E-state index < -0.39 is 5.60 Å². The van der Waals surface area contributed by atoms with Crippen LogP contribution in [0.15, 0.2) is 18.2 Å². The van der Waals surface area contributed by atoms with Crippen LogP contribution in [0.3, 0.4) is 0 Å². The molecule has 2 nitrogen and oxygen atoms in total. The normalized spacial score (nSPS) is 14.9. The van der Waals surface area contributed by atoms with E-state index in [-0.39, 0.29) is 12.5 Å². The summed E-state index contributed by atoms with van der Waals surface area (Å²) in [6, 6.07) is 5.01. The summed E-state index contributed by atoms with van der Waals surface area (Å²) in [5, 5.41) is 11.0. The molecule has 0 aliphatic rings. The number of rotatable bonds is 4. The summed E-state index contributed by atoms with van der Waals surface area (Å²) < 4.78 is 5.48. The fourth-order valence-corrected chi connectivity index (χ4v) is 1.45. The molecule has 16 heavy (non-hydrogen) atoms. The molecule has 0 bridgehead atoms. The number of aliphatic hydroxyl groups is 1. The van der Waals surface area contributed by atoms with E-state index in [1.54, 1.807) is 25.1 Å². The molecule has 0 fully saturated rings. The molecule has 0 aliphatic heterocycles. The van der Waals surface area contributed by atoms with Crippen LogP contribution in [0.25, 0.3) is 0 Å². The van der Waals surface area contributed by atoms with Crippen LogP contribution in [0.5, 0.6) is 5.75 Å². The van der Waals surface area contributed by atoms with E-state index >= 15 is 0 Å². The molecular formula is C12H16Cl2O2. The highest BCUT2D eigenvalue weighted by Crippen LogP contribution is 2.28. The van der Waals surface area contributed by atoms with Crippen molar-refractivity contribution in [1.29, 1.82) is 0 Å². The van der Waals surface area contributed by atoms with Gasteiger partial charge in [-0.1, -0.05) is 37.0 Å². The Bertz CT molecular complexity index is 362. The van der Waals surface area contributed by atoms with Gasteiger partial charge in [0.2, 0.25) is 0 Å². The first-order chi connectivity index (χ1) is 7.33. The first-order valence-electron chi connectivity index (χ1n) is 5.13. The van der Waals surface area contributed by atoms with E-state index in [0.717, 1.165) is 0 Å². The van der Waals surface area contributed by atoms with Gasteiger partial charge in [-0.15, -0.1) is 0 Å². The predicted octanol–water partition coefficient (Wildman–Crippen LogP) is 3.78. The zero-order valence-electron chi connectivity index (χ0n) is 9.63. The smallest absolute Gasteiger partial charge is 0.138 e. The van der Waals surface area contributed by atoms with Crippen molar-refractivity contribution in [3.05, 3.63) is 28.2 Å². The fraction of sp³-hybridized carbons (Fsp3) is 0.500. The van der Waals surface area contributed by atoms with E-state index in [1.165, 1.54) is 0 Å². The summed E-state index contributed by atoms with van der Waals surface area (Å²) in [5.74, 6) is 0.644. The van der Waals surface area contributed by atoms with Crippen molar-refractivity contribution in [2.24, 2.45) is 5.92 Å². The van der Waals surface area contributed by atoms with Gasteiger partial charge >= 0.3 is 0 Å². The molecule has 90 valence electrons. The van der Waals surface area contributed by atoms with Gasteiger partial charge in [-0.2, -0.15) is 0 Å². The molecule has 1 aromatic rings. The Morgan fingerprint density at radius 3 is 2.50 bits per heavy atom. The lowest BCUT2D eigenvalue weighted by molar-refractivity contribution is -0.0266. The Kier molecular flexibility index (Phi) is 4.48. The van der Waals surface area contributed by atoms with Gasteiger partial charge in [-0.3, -0.25) is 0 Å². The largest absolute Gasteiger partial charge is 0.489 e. The van der Waals surface area contributed by atoms with Gasteiger partial charge in [0.15, 0.2) is 0 Å². The van der Waals surface area contributed by atoms with Crippen molar-refractivity contribution in [2.75, 3.05) is 6.61 Å². The Morgan fingerprint density at radius 2 is 2.00 bits per heavy atom. The molecule has 0 aromatic heterocycles. The van der Waals surface area contributed by atoms with Gasteiger partial charge in [0.05, 0.1) is 10.6 Å². The maximum absolute atomic E-state index is 10.0. The van der Waals surface area contributed by atoms with Crippen LogP contribution in [0, 0.1) is 5.92 Å². The number of benzene rings is 1. The van der Waals surface area contributed by atoms with Crippen LogP contribution in [0.1, 0.15) is 20.8 Å². The Balaban J connectivity index is 2.68. The number of hydrogen-bond donors (Lipinski definition) is 1. The van der Waals surface area contributed by atoms with Crippen molar-refractivity contribution in [1.82, 2.24) is 0 Å². The first-order valence-corrected chi connectivity index (χ1v) is 5.89. The highest BCUT2D eigenvalue weighted by atomic mass is 35.5. The Labute approximate surface area is 106 Å². The number of ether oxygens (including phenoxy) is 1. The van der Waals surface area contributed by atoms with Gasteiger partial charge in [0, 0.05) is 5.02 Å². The summed E-state index contributed by atoms with van der Waals surface area (Å²) in [6.07, 6.45) is 0. The molecule has 0 saturated carbocycles. The minimum atomic E-state index is -0.872. The van der Waals surface area contributed by atoms with Gasteiger partial charge in [0.1, 0.15) is 12.4 Å². The second-order valence-electron chi connectivity index (χ2n) is 4.38. The third kappa shape index (κ3) is 3.55. The molecule has 0 amide bonds. The molecule has 0 saturated heterocycles. The van der Waals surface area contributed by atoms with E-state index in [2.05, 4.69) is 0 Å². The highest BCUT2D eigenvalue weighted by Gasteiger charge is 2.26. The van der Waals surface area contributed by atoms with Gasteiger partial charge in [0.25, 0.3) is 0 Å². The topological polar surface area (TPSA) is 29.5 Å². The van der Waals surface area contributed by atoms with Crippen LogP contribution >= 0.6 is 23.2 Å². The summed E-state index contributed by atoms with van der Waals surface area (Å²) >= 11 is 11.7. The lowest BCUT2D eigenvalue weighted by Crippen LogP contribution is -2.37. The third-order valence-electron chi connectivity index (χ3n) is 2.66. The standard InChI is InChI=1S/C12H16Cl2O2/c1-8(2)12(3,15)7-16-11-5-4-9(13)6-10(11)14/h4-6,8,15H,7H2,1-3H3. The van der Waals surface area contributed by atoms with E-state index in [4.69, 9.17) is 27.9 Å². The lowest BCUT2D eigenvalue weighted by Gasteiger charge is -2.27. The molecule has 0 spiro atoms. The van der Waals surface area contributed by atoms with Crippen molar-refractivity contribution in [3.63, 3.8) is 0 Å². The van der Waals surface area contributed by atoms with Crippen LogP contribution in [0.4, 0.5) is 0 Å². The Morgan fingerprint density at radius 1 is 1.38 bits per heavy atom. The molecule has 1 aromatic carbocycles. The van der Waals surface area contributed by atoms with Crippen molar-refractivity contribution in [3.8, 4) is 5.75 Å². The summed E-state index contributed by atoms with van der Waals surface area (Å²) in [4.78, 5) is 0. The zero-order valence-corrected chi connectivity index (χ0v) is 11.1. The average molecular weight is 263 g/mol. The average Bonchev–Trinajstić information content (AvgIpc) is 2.16. The second kappa shape index (κ2) is 5.26. The SMILES string of the molecule is CC(C)C(C)(O)COc1ccc(Cl)cc1Cl. The minimum Gasteiger partial charge on any atom is -0.489 e. The summed E-state index contributed by atoms with van der Waals surface area (Å²) in [6.45, 7) is 5.81. The van der Waals surface area contributed by atoms with Crippen molar-refractivity contribution < 1.29 is 9.84 Å². The van der Waals surface area contributed by atoms with Gasteiger partial charge in [-0.05, 0) is 31.0 Å².